The average Bonchev–Trinajstić information content (AvgIpc) is 2.16. The molecular formula is C11H17NSe. The van der Waals surface area contributed by atoms with E-state index in [0.717, 1.165) is 21.4 Å². The molecule has 1 atom stereocenters. The van der Waals surface area contributed by atoms with Gasteiger partial charge in [-0.05, 0) is 0 Å². The quantitative estimate of drug-likeness (QED) is 0.786. The Morgan fingerprint density at radius 2 is 2.00 bits per heavy atom. The van der Waals surface area contributed by atoms with E-state index in [4.69, 9.17) is 5.73 Å². The van der Waals surface area contributed by atoms with Crippen LogP contribution in [0.3, 0.4) is 0 Å². The molecule has 0 aliphatic rings. The molecule has 0 heterocycles. The fourth-order valence-electron chi connectivity index (χ4n) is 1.24. The van der Waals surface area contributed by atoms with Gasteiger partial charge < -0.3 is 0 Å². The zero-order valence-corrected chi connectivity index (χ0v) is 9.78. The Balaban J connectivity index is 2.32. The SMILES string of the molecule is CC[Se]C[C@@H](N)Cc1ccccc1. The zero-order valence-electron chi connectivity index (χ0n) is 8.07. The Hall–Kier alpha value is -0.301. The van der Waals surface area contributed by atoms with Crippen LogP contribution >= 0.6 is 0 Å². The molecule has 0 unspecified atom stereocenters. The first-order valence-electron chi connectivity index (χ1n) is 4.70. The van der Waals surface area contributed by atoms with Gasteiger partial charge in [0, 0.05) is 0 Å². The maximum atomic E-state index is 6.01. The Labute approximate surface area is 86.9 Å². The first-order valence-corrected chi connectivity index (χ1v) is 7.12. The van der Waals surface area contributed by atoms with Crippen LogP contribution in [0.25, 0.3) is 0 Å². The van der Waals surface area contributed by atoms with E-state index in [0.29, 0.717) is 6.04 Å². The molecule has 0 radical (unpaired) electrons. The molecule has 2 N–H and O–H groups in total. The molecule has 1 aromatic carbocycles. The molecule has 72 valence electrons. The van der Waals surface area contributed by atoms with Gasteiger partial charge in [-0.1, -0.05) is 0 Å². The summed E-state index contributed by atoms with van der Waals surface area (Å²) in [5.74, 6) is 0. The molecule has 0 amide bonds. The van der Waals surface area contributed by atoms with Crippen LogP contribution < -0.4 is 5.73 Å². The van der Waals surface area contributed by atoms with Crippen molar-refractivity contribution in [1.82, 2.24) is 0 Å². The Bertz CT molecular complexity index is 223. The minimum absolute atomic E-state index is 0.363. The average molecular weight is 242 g/mol. The van der Waals surface area contributed by atoms with Gasteiger partial charge in [-0.25, -0.2) is 0 Å². The summed E-state index contributed by atoms with van der Waals surface area (Å²) >= 11 is 0.744. The van der Waals surface area contributed by atoms with E-state index in [1.165, 1.54) is 16.2 Å². The van der Waals surface area contributed by atoms with Crippen LogP contribution in [0.15, 0.2) is 30.3 Å². The van der Waals surface area contributed by atoms with Crippen LogP contribution in [0.1, 0.15) is 12.5 Å². The first-order chi connectivity index (χ1) is 6.33. The number of rotatable bonds is 5. The Morgan fingerprint density at radius 1 is 1.31 bits per heavy atom. The molecular weight excluding hydrogens is 225 g/mol. The summed E-state index contributed by atoms with van der Waals surface area (Å²) in [7, 11) is 0. The molecule has 1 rings (SSSR count). The molecule has 0 saturated carbocycles. The van der Waals surface area contributed by atoms with Gasteiger partial charge in [0.05, 0.1) is 0 Å². The number of benzene rings is 1. The van der Waals surface area contributed by atoms with Crippen LogP contribution in [-0.2, 0) is 6.42 Å². The zero-order chi connectivity index (χ0) is 9.52. The molecule has 2 heteroatoms. The molecule has 0 fully saturated rings. The predicted molar refractivity (Wildman–Crippen MR) is 59.2 cm³/mol. The van der Waals surface area contributed by atoms with Gasteiger partial charge in [-0.15, -0.1) is 0 Å². The molecule has 0 saturated heterocycles. The van der Waals surface area contributed by atoms with Crippen molar-refractivity contribution in [2.24, 2.45) is 5.73 Å². The predicted octanol–water partition coefficient (Wildman–Crippen LogP) is 2.12. The van der Waals surface area contributed by atoms with Gasteiger partial charge in [0.1, 0.15) is 0 Å². The van der Waals surface area contributed by atoms with Crippen molar-refractivity contribution in [1.29, 1.82) is 0 Å². The topological polar surface area (TPSA) is 26.0 Å². The number of hydrogen-bond donors (Lipinski definition) is 1. The van der Waals surface area contributed by atoms with Crippen molar-refractivity contribution in [2.45, 2.75) is 30.0 Å². The summed E-state index contributed by atoms with van der Waals surface area (Å²) in [5.41, 5.74) is 7.37. The van der Waals surface area contributed by atoms with Gasteiger partial charge in [-0.2, -0.15) is 0 Å². The van der Waals surface area contributed by atoms with Crippen molar-refractivity contribution in [2.75, 3.05) is 0 Å². The summed E-state index contributed by atoms with van der Waals surface area (Å²) in [6.07, 6.45) is 1.03. The second-order valence-electron chi connectivity index (χ2n) is 3.11. The standard InChI is InChI=1S/C11H17NSe/c1-2-13-9-11(12)8-10-6-4-3-5-7-10/h3-7,11H,2,8-9,12H2,1H3/t11-/m0/s1. The van der Waals surface area contributed by atoms with E-state index in [2.05, 4.69) is 31.2 Å². The van der Waals surface area contributed by atoms with Crippen molar-refractivity contribution in [3.8, 4) is 0 Å². The minimum atomic E-state index is 0.363. The van der Waals surface area contributed by atoms with Crippen LogP contribution in [0, 0.1) is 0 Å². The molecule has 0 aliphatic heterocycles. The van der Waals surface area contributed by atoms with E-state index in [9.17, 15) is 0 Å². The van der Waals surface area contributed by atoms with E-state index in [-0.39, 0.29) is 0 Å². The summed E-state index contributed by atoms with van der Waals surface area (Å²) in [5, 5.41) is 2.51. The molecule has 0 spiro atoms. The van der Waals surface area contributed by atoms with Crippen LogP contribution in [0.5, 0.6) is 0 Å². The van der Waals surface area contributed by atoms with Gasteiger partial charge in [-0.3, -0.25) is 0 Å². The first kappa shape index (κ1) is 10.8. The van der Waals surface area contributed by atoms with Crippen molar-refractivity contribution in [3.63, 3.8) is 0 Å². The molecule has 1 aromatic rings. The molecule has 0 bridgehead atoms. The molecule has 0 aliphatic carbocycles. The van der Waals surface area contributed by atoms with Crippen LogP contribution in [0.4, 0.5) is 0 Å². The number of nitrogens with two attached hydrogens (primary N) is 1. The summed E-state index contributed by atoms with van der Waals surface area (Å²) < 4.78 is 0. The molecule has 13 heavy (non-hydrogen) atoms. The van der Waals surface area contributed by atoms with Crippen molar-refractivity contribution < 1.29 is 0 Å². The third kappa shape index (κ3) is 4.47. The summed E-state index contributed by atoms with van der Waals surface area (Å²) in [4.78, 5) is 0. The summed E-state index contributed by atoms with van der Waals surface area (Å²) in [6.45, 7) is 2.23. The summed E-state index contributed by atoms with van der Waals surface area (Å²) in [6, 6.07) is 10.9. The fourth-order valence-corrected chi connectivity index (χ4v) is 2.62. The maximum absolute atomic E-state index is 6.01. The molecule has 0 aromatic heterocycles. The number of hydrogen-bond acceptors (Lipinski definition) is 1. The van der Waals surface area contributed by atoms with E-state index in [1.54, 1.807) is 0 Å². The van der Waals surface area contributed by atoms with Gasteiger partial charge in [0.15, 0.2) is 0 Å². The van der Waals surface area contributed by atoms with Gasteiger partial charge in [0.25, 0.3) is 0 Å². The Kier molecular flexibility index (Phi) is 5.14. The van der Waals surface area contributed by atoms with E-state index in [1.807, 2.05) is 6.07 Å². The third-order valence-electron chi connectivity index (χ3n) is 1.88. The van der Waals surface area contributed by atoms with Gasteiger partial charge in [0.2, 0.25) is 0 Å². The second kappa shape index (κ2) is 6.20. The normalized spacial score (nSPS) is 12.8. The second-order valence-corrected chi connectivity index (χ2v) is 5.88. The van der Waals surface area contributed by atoms with Crippen molar-refractivity contribution in [3.05, 3.63) is 35.9 Å². The van der Waals surface area contributed by atoms with E-state index >= 15 is 0 Å². The van der Waals surface area contributed by atoms with Gasteiger partial charge >= 0.3 is 86.6 Å². The van der Waals surface area contributed by atoms with Crippen LogP contribution in [-0.4, -0.2) is 21.0 Å². The van der Waals surface area contributed by atoms with Crippen LogP contribution in [0.2, 0.25) is 10.6 Å². The monoisotopic (exact) mass is 243 g/mol. The third-order valence-corrected chi connectivity index (χ3v) is 4.13. The van der Waals surface area contributed by atoms with E-state index < -0.39 is 0 Å². The molecule has 1 nitrogen and oxygen atoms in total. The van der Waals surface area contributed by atoms with Crippen molar-refractivity contribution >= 4 is 15.0 Å². The Morgan fingerprint density at radius 3 is 2.62 bits per heavy atom. The fraction of sp³-hybridized carbons (Fsp3) is 0.455.